The maximum atomic E-state index is 12.5. The van der Waals surface area contributed by atoms with Gasteiger partial charge >= 0.3 is 0 Å². The van der Waals surface area contributed by atoms with Gasteiger partial charge in [0.2, 0.25) is 0 Å². The van der Waals surface area contributed by atoms with Crippen LogP contribution in [-0.4, -0.2) is 39.9 Å². The number of benzene rings is 1. The summed E-state index contributed by atoms with van der Waals surface area (Å²) in [5.74, 6) is -0.00992. The molecular weight excluding hydrogens is 336 g/mol. The van der Waals surface area contributed by atoms with Gasteiger partial charge in [0, 0.05) is 37.6 Å². The number of hydrogen-bond acceptors (Lipinski definition) is 4. The zero-order valence-electron chi connectivity index (χ0n) is 16.0. The maximum Gasteiger partial charge on any atom is 0.274 e. The average Bonchev–Trinajstić information content (AvgIpc) is 2.74. The van der Waals surface area contributed by atoms with Crippen LogP contribution in [0.1, 0.15) is 65.8 Å². The predicted molar refractivity (Wildman–Crippen MR) is 106 cm³/mol. The molecule has 1 atom stereocenters. The summed E-state index contributed by atoms with van der Waals surface area (Å²) in [4.78, 5) is 22.5. The molecule has 0 bridgehead atoms. The molecule has 2 aromatic rings. The lowest BCUT2D eigenvalue weighted by molar-refractivity contribution is 0.0696. The fourth-order valence-corrected chi connectivity index (χ4v) is 4.29. The Labute approximate surface area is 161 Å². The third kappa shape index (κ3) is 4.19. The van der Waals surface area contributed by atoms with Gasteiger partial charge in [-0.05, 0) is 62.1 Å². The number of likely N-dealkylation sites (tertiary alicyclic amines) is 1. The van der Waals surface area contributed by atoms with Crippen molar-refractivity contribution in [1.82, 2.24) is 20.2 Å². The number of aromatic nitrogens is 2. The van der Waals surface area contributed by atoms with Gasteiger partial charge in [-0.1, -0.05) is 18.2 Å². The van der Waals surface area contributed by atoms with Gasteiger partial charge in [0.05, 0.1) is 6.20 Å². The van der Waals surface area contributed by atoms with Crippen LogP contribution in [0.2, 0.25) is 0 Å². The summed E-state index contributed by atoms with van der Waals surface area (Å²) in [5, 5.41) is 3.78. The minimum absolute atomic E-state index is 0.00992. The number of fused-ring (bicyclic) bond motifs is 1. The highest BCUT2D eigenvalue weighted by atomic mass is 16.2. The SMILES string of the molecule is C[C@@H](NC1CCN(C(=O)c2cnccn2)CC1)c1ccc2c(c1)CCCC2. The van der Waals surface area contributed by atoms with E-state index in [2.05, 4.69) is 40.4 Å². The molecule has 1 aliphatic carbocycles. The van der Waals surface area contributed by atoms with Gasteiger partial charge in [0.25, 0.3) is 5.91 Å². The van der Waals surface area contributed by atoms with Crippen molar-refractivity contribution in [3.8, 4) is 0 Å². The molecule has 0 radical (unpaired) electrons. The van der Waals surface area contributed by atoms with E-state index in [0.29, 0.717) is 17.8 Å². The van der Waals surface area contributed by atoms with E-state index in [1.807, 2.05) is 4.90 Å². The molecule has 0 unspecified atom stereocenters. The Morgan fingerprint density at radius 3 is 2.67 bits per heavy atom. The van der Waals surface area contributed by atoms with Crippen LogP contribution < -0.4 is 5.32 Å². The van der Waals surface area contributed by atoms with Gasteiger partial charge in [0.1, 0.15) is 5.69 Å². The summed E-state index contributed by atoms with van der Waals surface area (Å²) < 4.78 is 0. The van der Waals surface area contributed by atoms with Crippen LogP contribution in [0.4, 0.5) is 0 Å². The zero-order valence-corrected chi connectivity index (χ0v) is 16.0. The molecule has 2 heterocycles. The van der Waals surface area contributed by atoms with E-state index < -0.39 is 0 Å². The van der Waals surface area contributed by atoms with E-state index in [-0.39, 0.29) is 5.91 Å². The minimum atomic E-state index is -0.00992. The summed E-state index contributed by atoms with van der Waals surface area (Å²) in [7, 11) is 0. The van der Waals surface area contributed by atoms with Crippen molar-refractivity contribution in [2.75, 3.05) is 13.1 Å². The minimum Gasteiger partial charge on any atom is -0.337 e. The van der Waals surface area contributed by atoms with Crippen LogP contribution in [0, 0.1) is 0 Å². The lowest BCUT2D eigenvalue weighted by Crippen LogP contribution is -2.45. The standard InChI is InChI=1S/C22H28N4O/c1-16(18-7-6-17-4-2-3-5-19(17)14-18)25-20-8-12-26(13-9-20)22(27)21-15-23-10-11-24-21/h6-7,10-11,14-16,20,25H,2-5,8-9,12-13H2,1H3/t16-/m1/s1. The first-order chi connectivity index (χ1) is 13.2. The van der Waals surface area contributed by atoms with Gasteiger partial charge < -0.3 is 10.2 Å². The molecule has 1 fully saturated rings. The topological polar surface area (TPSA) is 58.1 Å². The molecule has 1 aromatic heterocycles. The van der Waals surface area contributed by atoms with Crippen molar-refractivity contribution in [2.45, 2.75) is 57.5 Å². The molecule has 2 aliphatic rings. The van der Waals surface area contributed by atoms with Gasteiger partial charge in [-0.3, -0.25) is 9.78 Å². The van der Waals surface area contributed by atoms with E-state index in [9.17, 15) is 4.79 Å². The Bertz CT molecular complexity index is 784. The molecule has 1 amide bonds. The summed E-state index contributed by atoms with van der Waals surface area (Å²) in [6.07, 6.45) is 11.8. The molecule has 1 saturated heterocycles. The smallest absolute Gasteiger partial charge is 0.274 e. The number of carbonyl (C=O) groups is 1. The van der Waals surface area contributed by atoms with Crippen molar-refractivity contribution >= 4 is 5.91 Å². The quantitative estimate of drug-likeness (QED) is 0.904. The Morgan fingerprint density at radius 1 is 1.15 bits per heavy atom. The molecule has 4 rings (SSSR count). The molecule has 5 nitrogen and oxygen atoms in total. The zero-order chi connectivity index (χ0) is 18.6. The average molecular weight is 364 g/mol. The second kappa shape index (κ2) is 8.17. The molecule has 27 heavy (non-hydrogen) atoms. The van der Waals surface area contributed by atoms with E-state index >= 15 is 0 Å². The van der Waals surface area contributed by atoms with Gasteiger partial charge in [-0.15, -0.1) is 0 Å². The number of carbonyl (C=O) groups excluding carboxylic acids is 1. The fraction of sp³-hybridized carbons (Fsp3) is 0.500. The lowest BCUT2D eigenvalue weighted by Gasteiger charge is -2.34. The number of piperidine rings is 1. The van der Waals surface area contributed by atoms with Crippen LogP contribution in [0.15, 0.2) is 36.8 Å². The number of amides is 1. The van der Waals surface area contributed by atoms with Crippen molar-refractivity contribution in [3.63, 3.8) is 0 Å². The monoisotopic (exact) mass is 364 g/mol. The number of aryl methyl sites for hydroxylation is 2. The second-order valence-corrected chi connectivity index (χ2v) is 7.78. The summed E-state index contributed by atoms with van der Waals surface area (Å²) in [6, 6.07) is 7.80. The highest BCUT2D eigenvalue weighted by Gasteiger charge is 2.25. The normalized spacial score (nSPS) is 18.8. The number of hydrogen-bond donors (Lipinski definition) is 1. The summed E-state index contributed by atoms with van der Waals surface area (Å²) >= 11 is 0. The molecule has 1 N–H and O–H groups in total. The van der Waals surface area contributed by atoms with E-state index in [4.69, 9.17) is 0 Å². The van der Waals surface area contributed by atoms with Crippen molar-refractivity contribution in [2.24, 2.45) is 0 Å². The molecule has 0 spiro atoms. The molecule has 0 saturated carbocycles. The van der Waals surface area contributed by atoms with Crippen molar-refractivity contribution in [3.05, 3.63) is 59.2 Å². The van der Waals surface area contributed by atoms with E-state index in [0.717, 1.165) is 25.9 Å². The van der Waals surface area contributed by atoms with Gasteiger partial charge in [-0.25, -0.2) is 4.98 Å². The number of rotatable bonds is 4. The second-order valence-electron chi connectivity index (χ2n) is 7.78. The van der Waals surface area contributed by atoms with Crippen LogP contribution in [0.5, 0.6) is 0 Å². The molecule has 5 heteroatoms. The Hall–Kier alpha value is -2.27. The summed E-state index contributed by atoms with van der Waals surface area (Å²) in [6.45, 7) is 3.79. The van der Waals surface area contributed by atoms with Gasteiger partial charge in [-0.2, -0.15) is 0 Å². The fourth-order valence-electron chi connectivity index (χ4n) is 4.29. The number of nitrogens with zero attached hydrogens (tertiary/aromatic N) is 3. The third-order valence-electron chi connectivity index (χ3n) is 5.92. The molecule has 142 valence electrons. The Kier molecular flexibility index (Phi) is 5.48. The highest BCUT2D eigenvalue weighted by Crippen LogP contribution is 2.25. The largest absolute Gasteiger partial charge is 0.337 e. The molecular formula is C22H28N4O. The first-order valence-electron chi connectivity index (χ1n) is 10.1. The highest BCUT2D eigenvalue weighted by molar-refractivity contribution is 5.92. The Morgan fingerprint density at radius 2 is 1.93 bits per heavy atom. The summed E-state index contributed by atoms with van der Waals surface area (Å²) in [5.41, 5.74) is 4.89. The van der Waals surface area contributed by atoms with Crippen LogP contribution in [-0.2, 0) is 12.8 Å². The van der Waals surface area contributed by atoms with E-state index in [1.165, 1.54) is 42.4 Å². The van der Waals surface area contributed by atoms with Crippen molar-refractivity contribution in [1.29, 1.82) is 0 Å². The maximum absolute atomic E-state index is 12.5. The predicted octanol–water partition coefficient (Wildman–Crippen LogP) is 3.31. The molecule has 1 aliphatic heterocycles. The first kappa shape index (κ1) is 18.1. The first-order valence-corrected chi connectivity index (χ1v) is 10.1. The van der Waals surface area contributed by atoms with Crippen LogP contribution in [0.25, 0.3) is 0 Å². The van der Waals surface area contributed by atoms with Crippen molar-refractivity contribution < 1.29 is 4.79 Å². The molecule has 1 aromatic carbocycles. The van der Waals surface area contributed by atoms with E-state index in [1.54, 1.807) is 18.6 Å². The van der Waals surface area contributed by atoms with Crippen LogP contribution >= 0.6 is 0 Å². The number of nitrogens with one attached hydrogen (secondary N) is 1. The van der Waals surface area contributed by atoms with Crippen LogP contribution in [0.3, 0.4) is 0 Å². The Balaban J connectivity index is 1.32. The third-order valence-corrected chi connectivity index (χ3v) is 5.92. The lowest BCUT2D eigenvalue weighted by atomic mass is 9.89. The van der Waals surface area contributed by atoms with Gasteiger partial charge in [0.15, 0.2) is 0 Å².